The number of nitrogens with zero attached hydrogens (tertiary/aromatic N) is 1. The maximum atomic E-state index is 7.71. The summed E-state index contributed by atoms with van der Waals surface area (Å²) in [7, 11) is 1.56. The summed E-state index contributed by atoms with van der Waals surface area (Å²) in [6.07, 6.45) is 0. The van der Waals surface area contributed by atoms with Crippen molar-refractivity contribution in [2.24, 2.45) is 0 Å². The summed E-state index contributed by atoms with van der Waals surface area (Å²) in [4.78, 5) is 0. The van der Waals surface area contributed by atoms with Crippen LogP contribution in [0.5, 0.6) is 0 Å². The summed E-state index contributed by atoms with van der Waals surface area (Å²) in [5, 5.41) is 11.0. The Bertz CT molecular complexity index is 8.00. The van der Waals surface area contributed by atoms with Crippen LogP contribution >= 0.6 is 0 Å². The van der Waals surface area contributed by atoms with Gasteiger partial charge in [-0.1, -0.05) is 0 Å². The number of rotatable bonds is 1. The van der Waals surface area contributed by atoms with Gasteiger partial charge in [0.15, 0.2) is 0 Å². The number of hydrogen-bond acceptors (Lipinski definition) is 1. The van der Waals surface area contributed by atoms with Crippen LogP contribution < -0.4 is 5.32 Å². The van der Waals surface area contributed by atoms with Crippen LogP contribution in [0.1, 0.15) is 0 Å². The Kier molecular flexibility index (Phi) is 2.86. The molecule has 2 nitrogen and oxygen atoms in total. The highest BCUT2D eigenvalue weighted by molar-refractivity contribution is 4.00. The van der Waals surface area contributed by atoms with Crippen molar-refractivity contribution in [3.05, 3.63) is 0 Å². The Labute approximate surface area is 25.4 Å². The first kappa shape index (κ1) is 3.92. The van der Waals surface area contributed by atoms with E-state index < -0.39 is 0 Å². The van der Waals surface area contributed by atoms with Crippen molar-refractivity contribution in [1.82, 2.24) is 5.32 Å². The Hall–Kier alpha value is -0.0800. The van der Waals surface area contributed by atoms with Crippen LogP contribution in [-0.4, -0.2) is 18.9 Å². The maximum Gasteiger partial charge on any atom is 0.108 e. The summed E-state index contributed by atoms with van der Waals surface area (Å²) in [5.41, 5.74) is 0. The van der Waals surface area contributed by atoms with E-state index in [-0.39, 0.29) is 6.73 Å². The summed E-state index contributed by atoms with van der Waals surface area (Å²) in [6, 6.07) is 0. The molecule has 0 amide bonds. The second-order valence-corrected chi connectivity index (χ2v) is 0.458. The molecule has 25 valence electrons. The lowest BCUT2D eigenvalue weighted by atomic mass is 11.2. The minimum Gasteiger partial charge on any atom is -0.380 e. The van der Waals surface area contributed by atoms with Crippen LogP contribution in [0.3, 0.4) is 0 Å². The molecule has 2 heteroatoms. The molecule has 1 N–H and O–H groups in total. The second kappa shape index (κ2) is 2.92. The molecule has 0 bridgehead atoms. The molecule has 0 saturated heterocycles. The van der Waals surface area contributed by atoms with Crippen LogP contribution in [-0.2, 0) is 0 Å². The molecule has 0 aromatic heterocycles. The summed E-state index contributed by atoms with van der Waals surface area (Å²) in [5.74, 6) is 0. The topological polar surface area (TPSA) is 34.3 Å². The van der Waals surface area contributed by atoms with Crippen molar-refractivity contribution >= 4 is 0 Å². The first-order valence-corrected chi connectivity index (χ1v) is 1.08. The lowest BCUT2D eigenvalue weighted by Crippen LogP contribution is -1.94. The van der Waals surface area contributed by atoms with E-state index in [9.17, 15) is 0 Å². The zero-order valence-corrected chi connectivity index (χ0v) is 2.60. The quantitative estimate of drug-likeness (QED) is 0.421. The third kappa shape index (κ3) is 1.92. The van der Waals surface area contributed by atoms with E-state index in [1.807, 2.05) is 0 Å². The normalized spacial score (nSPS) is 7.50. The molecule has 1 radical (unpaired) electrons. The minimum atomic E-state index is -0.0556. The molecule has 0 aliphatic rings. The van der Waals surface area contributed by atoms with Crippen LogP contribution in [0.2, 0.25) is 0 Å². The van der Waals surface area contributed by atoms with Gasteiger partial charge in [-0.3, -0.25) is 0 Å². The molecule has 0 aromatic carbocycles. The molecule has 0 rings (SSSR count). The summed E-state index contributed by atoms with van der Waals surface area (Å²) in [6.45, 7) is -0.0556. The van der Waals surface area contributed by atoms with Crippen molar-refractivity contribution < 1.29 is 5.11 Å². The third-order valence-electron chi connectivity index (χ3n) is 0.141. The van der Waals surface area contributed by atoms with Gasteiger partial charge in [0, 0.05) is 7.05 Å². The first-order chi connectivity index (χ1) is 1.91. The highest BCUT2D eigenvalue weighted by Gasteiger charge is 1.54. The lowest BCUT2D eigenvalue weighted by molar-refractivity contribution is 0.269. The molecule has 0 fully saturated rings. The second-order valence-electron chi connectivity index (χ2n) is 0.458. The van der Waals surface area contributed by atoms with Crippen molar-refractivity contribution in [2.45, 2.75) is 0 Å². The van der Waals surface area contributed by atoms with E-state index in [0.29, 0.717) is 0 Å². The summed E-state index contributed by atoms with van der Waals surface area (Å²) >= 11 is 0. The van der Waals surface area contributed by atoms with Gasteiger partial charge in [-0.2, -0.15) is 0 Å². The van der Waals surface area contributed by atoms with Crippen molar-refractivity contribution in [3.8, 4) is 0 Å². The fraction of sp³-hybridized carbons (Fsp3) is 1.00. The first-order valence-electron chi connectivity index (χ1n) is 1.08. The van der Waals surface area contributed by atoms with E-state index in [1.54, 1.807) is 7.05 Å². The molecule has 0 saturated carbocycles. The third-order valence-corrected chi connectivity index (χ3v) is 0.141. The van der Waals surface area contributed by atoms with Gasteiger partial charge in [0.25, 0.3) is 0 Å². The molecule has 0 aromatic rings. The Morgan fingerprint density at radius 2 is 2.25 bits per heavy atom. The zero-order valence-electron chi connectivity index (χ0n) is 2.60. The van der Waals surface area contributed by atoms with Crippen molar-refractivity contribution in [1.29, 1.82) is 0 Å². The zero-order chi connectivity index (χ0) is 3.41. The van der Waals surface area contributed by atoms with Gasteiger partial charge in [0.05, 0.1) is 0 Å². The monoisotopic (exact) mass is 60.0 g/mol. The number of hydrogen-bond donors (Lipinski definition) is 1. The van der Waals surface area contributed by atoms with Crippen LogP contribution in [0.25, 0.3) is 0 Å². The van der Waals surface area contributed by atoms with E-state index in [4.69, 9.17) is 5.11 Å². The predicted octanol–water partition coefficient (Wildman–Crippen LogP) is -0.830. The minimum absolute atomic E-state index is 0.0556. The Morgan fingerprint density at radius 3 is 2.25 bits per heavy atom. The lowest BCUT2D eigenvalue weighted by Gasteiger charge is -1.72. The van der Waals surface area contributed by atoms with Gasteiger partial charge in [-0.05, 0) is 0 Å². The van der Waals surface area contributed by atoms with Gasteiger partial charge >= 0.3 is 0 Å². The van der Waals surface area contributed by atoms with E-state index in [2.05, 4.69) is 5.32 Å². The highest BCUT2D eigenvalue weighted by atomic mass is 16.3. The van der Waals surface area contributed by atoms with Gasteiger partial charge in [-0.25, -0.2) is 5.32 Å². The van der Waals surface area contributed by atoms with Crippen LogP contribution in [0.4, 0.5) is 0 Å². The van der Waals surface area contributed by atoms with E-state index in [1.165, 1.54) is 0 Å². The average Bonchev–Trinajstić information content (AvgIpc) is 1.37. The number of aliphatic hydroxyl groups is 1. The standard InChI is InChI=1S/C2H6NO/c1-3-2-4/h4H,2H2,1H3. The van der Waals surface area contributed by atoms with Gasteiger partial charge < -0.3 is 5.11 Å². The smallest absolute Gasteiger partial charge is 0.108 e. The van der Waals surface area contributed by atoms with Gasteiger partial charge in [-0.15, -0.1) is 0 Å². The van der Waals surface area contributed by atoms with E-state index >= 15 is 0 Å². The fourth-order valence-electron chi connectivity index (χ4n) is 0. The van der Waals surface area contributed by atoms with E-state index in [0.717, 1.165) is 0 Å². The molecule has 4 heavy (non-hydrogen) atoms. The van der Waals surface area contributed by atoms with Crippen LogP contribution in [0.15, 0.2) is 0 Å². The molecule has 0 aliphatic carbocycles. The Morgan fingerprint density at radius 1 is 2.00 bits per heavy atom. The molecular weight excluding hydrogens is 54.0 g/mol. The number of aliphatic hydroxyl groups excluding tert-OH is 1. The van der Waals surface area contributed by atoms with Gasteiger partial charge in [0.2, 0.25) is 0 Å². The SMILES string of the molecule is C[N]CO. The summed E-state index contributed by atoms with van der Waals surface area (Å²) < 4.78 is 0. The largest absolute Gasteiger partial charge is 0.380 e. The van der Waals surface area contributed by atoms with Crippen LogP contribution in [0, 0.1) is 0 Å². The fourth-order valence-corrected chi connectivity index (χ4v) is 0. The molecule has 0 aliphatic heterocycles. The van der Waals surface area contributed by atoms with Gasteiger partial charge in [0.1, 0.15) is 6.73 Å². The average molecular weight is 60.1 g/mol. The van der Waals surface area contributed by atoms with Crippen molar-refractivity contribution in [3.63, 3.8) is 0 Å². The molecule has 0 unspecified atom stereocenters. The molecule has 0 heterocycles. The molecular formula is C2H6NO. The molecule has 0 spiro atoms. The maximum absolute atomic E-state index is 7.71. The van der Waals surface area contributed by atoms with Crippen molar-refractivity contribution in [2.75, 3.05) is 13.8 Å². The Balaban J connectivity index is 1.97. The molecule has 0 atom stereocenters. The predicted molar refractivity (Wildman–Crippen MR) is 15.1 cm³/mol. The highest BCUT2D eigenvalue weighted by Crippen LogP contribution is 1.31.